The first-order valence-electron chi connectivity index (χ1n) is 7.25. The zero-order chi connectivity index (χ0) is 15.0. The van der Waals surface area contributed by atoms with E-state index in [4.69, 9.17) is 8.85 Å². The number of benzene rings is 2. The molecule has 0 aliphatic rings. The van der Waals surface area contributed by atoms with E-state index in [-0.39, 0.29) is 0 Å². The van der Waals surface area contributed by atoms with Crippen LogP contribution in [0.2, 0.25) is 6.04 Å². The van der Waals surface area contributed by atoms with E-state index in [2.05, 4.69) is 29.6 Å². The van der Waals surface area contributed by atoms with Crippen molar-refractivity contribution in [1.29, 1.82) is 0 Å². The minimum absolute atomic E-state index is 0.915. The lowest BCUT2D eigenvalue weighted by Gasteiger charge is -2.27. The Morgan fingerprint density at radius 1 is 0.857 bits per heavy atom. The van der Waals surface area contributed by atoms with E-state index >= 15 is 0 Å². The van der Waals surface area contributed by atoms with Gasteiger partial charge in [0.2, 0.25) is 0 Å². The lowest BCUT2D eigenvalue weighted by atomic mass is 10.3. The molecular formula is C17H23NO2Si. The van der Waals surface area contributed by atoms with E-state index in [1.165, 1.54) is 5.19 Å². The minimum Gasteiger partial charge on any atom is -0.394 e. The van der Waals surface area contributed by atoms with Crippen LogP contribution in [0.15, 0.2) is 60.7 Å². The number of rotatable bonds is 8. The fourth-order valence-corrected chi connectivity index (χ4v) is 5.15. The van der Waals surface area contributed by atoms with Crippen molar-refractivity contribution in [1.82, 2.24) is 0 Å². The third kappa shape index (κ3) is 4.17. The summed E-state index contributed by atoms with van der Waals surface area (Å²) in [4.78, 5) is 0. The highest BCUT2D eigenvalue weighted by atomic mass is 28.4. The first kappa shape index (κ1) is 15.8. The van der Waals surface area contributed by atoms with Crippen LogP contribution in [0, 0.1) is 0 Å². The van der Waals surface area contributed by atoms with Gasteiger partial charge in [-0.2, -0.15) is 0 Å². The van der Waals surface area contributed by atoms with Crippen LogP contribution >= 0.6 is 0 Å². The number of hydrogen-bond acceptors (Lipinski definition) is 3. The molecule has 0 saturated carbocycles. The molecule has 0 radical (unpaired) electrons. The fourth-order valence-electron chi connectivity index (χ4n) is 2.47. The van der Waals surface area contributed by atoms with Gasteiger partial charge in [0.1, 0.15) is 0 Å². The van der Waals surface area contributed by atoms with Gasteiger partial charge >= 0.3 is 8.56 Å². The molecule has 0 unspecified atom stereocenters. The highest BCUT2D eigenvalue weighted by Crippen LogP contribution is 2.15. The average molecular weight is 301 g/mol. The van der Waals surface area contributed by atoms with Crippen LogP contribution < -0.4 is 10.5 Å². The monoisotopic (exact) mass is 301 g/mol. The zero-order valence-electron chi connectivity index (χ0n) is 12.7. The van der Waals surface area contributed by atoms with Gasteiger partial charge in [0, 0.05) is 26.5 Å². The summed E-state index contributed by atoms with van der Waals surface area (Å²) in [5, 5.41) is 4.62. The smallest absolute Gasteiger partial charge is 0.372 e. The molecule has 0 fully saturated rings. The SMILES string of the molecule is CO[Si](CCCNc1ccccc1)(OC)c1ccccc1. The van der Waals surface area contributed by atoms with Crippen molar-refractivity contribution in [3.8, 4) is 0 Å². The molecule has 0 saturated heterocycles. The third-order valence-corrected chi connectivity index (χ3v) is 7.20. The summed E-state index contributed by atoms with van der Waals surface area (Å²) in [6, 6.07) is 21.5. The van der Waals surface area contributed by atoms with E-state index in [0.29, 0.717) is 0 Å². The molecule has 0 heterocycles. The lowest BCUT2D eigenvalue weighted by molar-refractivity contribution is 0.256. The van der Waals surface area contributed by atoms with Gasteiger partial charge in [-0.1, -0.05) is 48.5 Å². The molecule has 0 bridgehead atoms. The molecule has 2 aromatic rings. The van der Waals surface area contributed by atoms with E-state index < -0.39 is 8.56 Å². The van der Waals surface area contributed by atoms with Crippen molar-refractivity contribution < 1.29 is 8.85 Å². The van der Waals surface area contributed by atoms with Crippen molar-refractivity contribution in [2.75, 3.05) is 26.1 Å². The van der Waals surface area contributed by atoms with Gasteiger partial charge in [0.25, 0.3) is 0 Å². The van der Waals surface area contributed by atoms with Crippen molar-refractivity contribution >= 4 is 19.4 Å². The van der Waals surface area contributed by atoms with Gasteiger partial charge in [0.05, 0.1) is 0 Å². The second kappa shape index (κ2) is 7.98. The highest BCUT2D eigenvalue weighted by molar-refractivity contribution is 6.81. The number of anilines is 1. The molecule has 2 aromatic carbocycles. The summed E-state index contributed by atoms with van der Waals surface area (Å²) in [6.45, 7) is 0.915. The van der Waals surface area contributed by atoms with E-state index in [1.54, 1.807) is 14.2 Å². The highest BCUT2D eigenvalue weighted by Gasteiger charge is 2.37. The molecule has 4 heteroatoms. The van der Waals surface area contributed by atoms with Crippen LogP contribution in [0.5, 0.6) is 0 Å². The molecule has 21 heavy (non-hydrogen) atoms. The Bertz CT molecular complexity index is 515. The average Bonchev–Trinajstić information content (AvgIpc) is 2.57. The Labute approximate surface area is 128 Å². The topological polar surface area (TPSA) is 30.5 Å². The molecule has 0 aliphatic heterocycles. The predicted molar refractivity (Wildman–Crippen MR) is 90.2 cm³/mol. The van der Waals surface area contributed by atoms with Gasteiger partial charge in [0.15, 0.2) is 0 Å². The Balaban J connectivity index is 1.92. The molecule has 0 spiro atoms. The Morgan fingerprint density at radius 3 is 2.00 bits per heavy atom. The molecule has 0 amide bonds. The maximum Gasteiger partial charge on any atom is 0.372 e. The van der Waals surface area contributed by atoms with Crippen LogP contribution in [0.4, 0.5) is 5.69 Å². The first-order chi connectivity index (χ1) is 10.3. The minimum atomic E-state index is -2.30. The van der Waals surface area contributed by atoms with Gasteiger partial charge in [-0.3, -0.25) is 0 Å². The molecule has 0 aliphatic carbocycles. The molecule has 112 valence electrons. The van der Waals surface area contributed by atoms with Crippen LogP contribution in [-0.2, 0) is 8.85 Å². The quantitative estimate of drug-likeness (QED) is 0.600. The Hall–Kier alpha value is -1.62. The normalized spacial score (nSPS) is 11.3. The maximum absolute atomic E-state index is 5.81. The molecule has 3 nitrogen and oxygen atoms in total. The lowest BCUT2D eigenvalue weighted by Crippen LogP contribution is -2.52. The number of nitrogens with one attached hydrogen (secondary N) is 1. The van der Waals surface area contributed by atoms with E-state index in [0.717, 1.165) is 24.7 Å². The van der Waals surface area contributed by atoms with Crippen molar-refractivity contribution in [3.05, 3.63) is 60.7 Å². The maximum atomic E-state index is 5.81. The molecular weight excluding hydrogens is 278 g/mol. The van der Waals surface area contributed by atoms with Crippen molar-refractivity contribution in [3.63, 3.8) is 0 Å². The largest absolute Gasteiger partial charge is 0.394 e. The van der Waals surface area contributed by atoms with Gasteiger partial charge in [-0.25, -0.2) is 0 Å². The summed E-state index contributed by atoms with van der Waals surface area (Å²) in [6.07, 6.45) is 1.01. The predicted octanol–water partition coefficient (Wildman–Crippen LogP) is 3.13. The summed E-state index contributed by atoms with van der Waals surface area (Å²) < 4.78 is 11.6. The fraction of sp³-hybridized carbons (Fsp3) is 0.294. The summed E-state index contributed by atoms with van der Waals surface area (Å²) in [7, 11) is 1.22. The number of para-hydroxylation sites is 1. The molecule has 1 N–H and O–H groups in total. The third-order valence-electron chi connectivity index (χ3n) is 3.66. The van der Waals surface area contributed by atoms with Crippen LogP contribution in [-0.4, -0.2) is 29.3 Å². The Morgan fingerprint density at radius 2 is 1.43 bits per heavy atom. The molecule has 0 atom stereocenters. The molecule has 2 rings (SSSR count). The Kier molecular flexibility index (Phi) is 5.99. The summed E-state index contributed by atoms with van der Waals surface area (Å²) in [5.74, 6) is 0. The first-order valence-corrected chi connectivity index (χ1v) is 9.28. The van der Waals surface area contributed by atoms with Gasteiger partial charge < -0.3 is 14.2 Å². The van der Waals surface area contributed by atoms with Gasteiger partial charge in [-0.15, -0.1) is 0 Å². The van der Waals surface area contributed by atoms with Crippen molar-refractivity contribution in [2.24, 2.45) is 0 Å². The van der Waals surface area contributed by atoms with Gasteiger partial charge in [-0.05, 0) is 29.8 Å². The van der Waals surface area contributed by atoms with Crippen LogP contribution in [0.1, 0.15) is 6.42 Å². The summed E-state index contributed by atoms with van der Waals surface area (Å²) in [5.41, 5.74) is 1.15. The van der Waals surface area contributed by atoms with E-state index in [9.17, 15) is 0 Å². The second-order valence-corrected chi connectivity index (χ2v) is 8.32. The van der Waals surface area contributed by atoms with Crippen molar-refractivity contribution in [2.45, 2.75) is 12.5 Å². The number of hydrogen-bond donors (Lipinski definition) is 1. The standard InChI is InChI=1S/C17H23NO2Si/c1-19-21(20-2,17-12-7-4-8-13-17)15-9-14-18-16-10-5-3-6-11-16/h3-8,10-13,18H,9,14-15H2,1-2H3. The summed E-state index contributed by atoms with van der Waals surface area (Å²) >= 11 is 0. The second-order valence-electron chi connectivity index (χ2n) is 4.92. The van der Waals surface area contributed by atoms with Crippen LogP contribution in [0.3, 0.4) is 0 Å². The van der Waals surface area contributed by atoms with Crippen LogP contribution in [0.25, 0.3) is 0 Å². The van der Waals surface area contributed by atoms with E-state index in [1.807, 2.05) is 36.4 Å². The zero-order valence-corrected chi connectivity index (χ0v) is 13.7. The molecule has 0 aromatic heterocycles.